The molecule has 0 unspecified atom stereocenters. The van der Waals surface area contributed by atoms with Crippen LogP contribution in [-0.4, -0.2) is 83.4 Å². The van der Waals surface area contributed by atoms with Gasteiger partial charge in [-0.2, -0.15) is 0 Å². The van der Waals surface area contributed by atoms with E-state index in [1.807, 2.05) is 15.9 Å². The molecule has 0 radical (unpaired) electrons. The Bertz CT molecular complexity index is 706. The third-order valence-corrected chi connectivity index (χ3v) is 5.27. The molecule has 0 aliphatic carbocycles. The molecule has 3 rings (SSSR count). The van der Waals surface area contributed by atoms with Gasteiger partial charge in [-0.05, 0) is 25.0 Å². The van der Waals surface area contributed by atoms with E-state index in [2.05, 4.69) is 9.88 Å². The van der Waals surface area contributed by atoms with E-state index >= 15 is 0 Å². The highest BCUT2D eigenvalue weighted by Gasteiger charge is 2.31. The molecule has 12 heteroatoms. The smallest absolute Gasteiger partial charge is 0.317 e. The fraction of sp³-hybridized carbons (Fsp3) is 0.556. The number of amides is 1. The van der Waals surface area contributed by atoms with Crippen molar-refractivity contribution in [2.24, 2.45) is 11.7 Å². The van der Waals surface area contributed by atoms with E-state index in [-0.39, 0.29) is 61.4 Å². The Balaban J connectivity index is 0.00000280. The van der Waals surface area contributed by atoms with E-state index in [0.29, 0.717) is 31.7 Å². The molecule has 2 aliphatic heterocycles. The second-order valence-corrected chi connectivity index (χ2v) is 7.08. The Labute approximate surface area is 194 Å². The van der Waals surface area contributed by atoms with Gasteiger partial charge in [-0.1, -0.05) is 0 Å². The maximum atomic E-state index is 12.8. The van der Waals surface area contributed by atoms with E-state index in [1.54, 1.807) is 12.3 Å². The molecule has 1 amide bonds. The topological polar surface area (TPSA) is 127 Å². The summed E-state index contributed by atoms with van der Waals surface area (Å²) in [5.41, 5.74) is 6.06. The Morgan fingerprint density at radius 1 is 1.07 bits per heavy atom. The number of halogens is 3. The van der Waals surface area contributed by atoms with Crippen molar-refractivity contribution in [3.63, 3.8) is 0 Å². The number of aliphatic carboxylic acids is 1. The van der Waals surface area contributed by atoms with Gasteiger partial charge in [0.05, 0.1) is 6.54 Å². The normalized spacial score (nSPS) is 17.2. The Morgan fingerprint density at radius 3 is 2.13 bits per heavy atom. The Hall–Kier alpha value is -1.81. The number of piperazine rings is 1. The fourth-order valence-electron chi connectivity index (χ4n) is 3.66. The number of aromatic nitrogens is 1. The zero-order chi connectivity index (χ0) is 19.4. The average Bonchev–Trinajstić information content (AvgIpc) is 2.68. The fourth-order valence-corrected chi connectivity index (χ4v) is 3.66. The lowest BCUT2D eigenvalue weighted by Crippen LogP contribution is -2.52. The monoisotopic (exact) mass is 482 g/mol. The van der Waals surface area contributed by atoms with E-state index < -0.39 is 5.97 Å². The van der Waals surface area contributed by atoms with Crippen molar-refractivity contribution in [2.75, 3.05) is 50.7 Å². The molecule has 2 aliphatic rings. The van der Waals surface area contributed by atoms with Crippen molar-refractivity contribution in [3.05, 3.63) is 23.9 Å². The van der Waals surface area contributed by atoms with Crippen LogP contribution in [0.15, 0.2) is 18.3 Å². The third kappa shape index (κ3) is 7.16. The standard InChI is InChI=1S/C18H26N6O3.3ClH/c19-17(20)14-1-2-15(21-11-14)23-5-3-13(4-6-23)18(27)24-9-7-22(8-10-24)12-16(25)26;;;/h1-2,11,13H,3-10,12H2,(H3,19,20)(H,25,26);3*1H. The van der Waals surface area contributed by atoms with E-state index in [0.717, 1.165) is 31.7 Å². The lowest BCUT2D eigenvalue weighted by Gasteiger charge is -2.38. The summed E-state index contributed by atoms with van der Waals surface area (Å²) in [5, 5.41) is 16.3. The van der Waals surface area contributed by atoms with Gasteiger partial charge in [0.2, 0.25) is 5.91 Å². The number of pyridine rings is 1. The molecule has 9 nitrogen and oxygen atoms in total. The van der Waals surface area contributed by atoms with Crippen LogP contribution in [0.1, 0.15) is 18.4 Å². The van der Waals surface area contributed by atoms with Crippen molar-refractivity contribution >= 4 is 60.8 Å². The second kappa shape index (κ2) is 12.8. The van der Waals surface area contributed by atoms with Gasteiger partial charge in [-0.15, -0.1) is 37.2 Å². The zero-order valence-electron chi connectivity index (χ0n) is 16.5. The molecular weight excluding hydrogens is 455 g/mol. The molecule has 170 valence electrons. The predicted octanol–water partition coefficient (Wildman–Crippen LogP) is 1.08. The number of carboxylic acid groups (broad SMARTS) is 1. The van der Waals surface area contributed by atoms with Gasteiger partial charge in [-0.25, -0.2) is 4.98 Å². The first-order chi connectivity index (χ1) is 12.9. The molecule has 2 fully saturated rings. The maximum absolute atomic E-state index is 12.8. The number of nitrogens with zero attached hydrogens (tertiary/aromatic N) is 4. The molecular formula is C18H29Cl3N6O3. The van der Waals surface area contributed by atoms with Crippen LogP contribution in [0.5, 0.6) is 0 Å². The third-order valence-electron chi connectivity index (χ3n) is 5.27. The number of hydrogen-bond acceptors (Lipinski definition) is 6. The quantitative estimate of drug-likeness (QED) is 0.422. The van der Waals surface area contributed by atoms with E-state index in [9.17, 15) is 9.59 Å². The summed E-state index contributed by atoms with van der Waals surface area (Å²) in [4.78, 5) is 33.8. The number of nitrogen functional groups attached to an aromatic ring is 1. The molecule has 0 saturated carbocycles. The SMILES string of the molecule is Cl.Cl.Cl.N=C(N)c1ccc(N2CCC(C(=O)N3CCN(CC(=O)O)CC3)CC2)nc1. The van der Waals surface area contributed by atoms with Gasteiger partial charge in [0.15, 0.2) is 0 Å². The van der Waals surface area contributed by atoms with Crippen LogP contribution < -0.4 is 10.6 Å². The number of anilines is 1. The van der Waals surface area contributed by atoms with Crippen molar-refractivity contribution in [1.82, 2.24) is 14.8 Å². The van der Waals surface area contributed by atoms with Crippen molar-refractivity contribution in [2.45, 2.75) is 12.8 Å². The van der Waals surface area contributed by atoms with Gasteiger partial charge in [-0.3, -0.25) is 19.9 Å². The summed E-state index contributed by atoms with van der Waals surface area (Å²) >= 11 is 0. The molecule has 1 aromatic heterocycles. The number of hydrogen-bond donors (Lipinski definition) is 3. The summed E-state index contributed by atoms with van der Waals surface area (Å²) < 4.78 is 0. The van der Waals surface area contributed by atoms with Crippen LogP contribution in [0, 0.1) is 11.3 Å². The van der Waals surface area contributed by atoms with Gasteiger partial charge in [0, 0.05) is 56.9 Å². The first kappa shape index (κ1) is 28.2. The number of carbonyl (C=O) groups excluding carboxylic acids is 1. The van der Waals surface area contributed by atoms with Crippen LogP contribution in [-0.2, 0) is 9.59 Å². The van der Waals surface area contributed by atoms with Gasteiger partial charge < -0.3 is 20.6 Å². The van der Waals surface area contributed by atoms with Crippen LogP contribution in [0.3, 0.4) is 0 Å². The largest absolute Gasteiger partial charge is 0.480 e. The summed E-state index contributed by atoms with van der Waals surface area (Å²) in [6.45, 7) is 3.99. The average molecular weight is 484 g/mol. The zero-order valence-corrected chi connectivity index (χ0v) is 19.0. The molecule has 30 heavy (non-hydrogen) atoms. The number of carboxylic acids is 1. The minimum absolute atomic E-state index is 0. The number of rotatable bonds is 5. The molecule has 4 N–H and O–H groups in total. The summed E-state index contributed by atoms with van der Waals surface area (Å²) in [7, 11) is 0. The van der Waals surface area contributed by atoms with Crippen molar-refractivity contribution in [3.8, 4) is 0 Å². The number of amidine groups is 1. The lowest BCUT2D eigenvalue weighted by molar-refractivity contribution is -0.140. The molecule has 2 saturated heterocycles. The van der Waals surface area contributed by atoms with Crippen molar-refractivity contribution in [1.29, 1.82) is 5.41 Å². The molecule has 1 aromatic rings. The van der Waals surface area contributed by atoms with Gasteiger partial charge >= 0.3 is 5.97 Å². The molecule has 0 spiro atoms. The minimum atomic E-state index is -0.827. The molecule has 0 aromatic carbocycles. The van der Waals surface area contributed by atoms with Gasteiger partial charge in [0.1, 0.15) is 11.7 Å². The summed E-state index contributed by atoms with van der Waals surface area (Å²) in [5.74, 6) is 0.218. The van der Waals surface area contributed by atoms with E-state index in [4.69, 9.17) is 16.2 Å². The number of piperidine rings is 1. The van der Waals surface area contributed by atoms with Crippen LogP contribution in [0.2, 0.25) is 0 Å². The highest BCUT2D eigenvalue weighted by Crippen LogP contribution is 2.24. The minimum Gasteiger partial charge on any atom is -0.480 e. The maximum Gasteiger partial charge on any atom is 0.317 e. The van der Waals surface area contributed by atoms with Gasteiger partial charge in [0.25, 0.3) is 0 Å². The number of carbonyl (C=O) groups is 2. The summed E-state index contributed by atoms with van der Waals surface area (Å²) in [6, 6.07) is 3.65. The number of nitrogens with one attached hydrogen (secondary N) is 1. The van der Waals surface area contributed by atoms with E-state index in [1.165, 1.54) is 0 Å². The molecule has 0 atom stereocenters. The summed E-state index contributed by atoms with van der Waals surface area (Å²) in [6.07, 6.45) is 3.17. The Kier molecular flexibility index (Phi) is 12.0. The molecule has 3 heterocycles. The van der Waals surface area contributed by atoms with Crippen LogP contribution in [0.4, 0.5) is 5.82 Å². The second-order valence-electron chi connectivity index (χ2n) is 7.08. The molecule has 0 bridgehead atoms. The number of nitrogens with two attached hydrogens (primary N) is 1. The van der Waals surface area contributed by atoms with Crippen LogP contribution in [0.25, 0.3) is 0 Å². The highest BCUT2D eigenvalue weighted by atomic mass is 35.5. The predicted molar refractivity (Wildman–Crippen MR) is 123 cm³/mol. The first-order valence-electron chi connectivity index (χ1n) is 9.22. The highest BCUT2D eigenvalue weighted by molar-refractivity contribution is 5.94. The first-order valence-corrected chi connectivity index (χ1v) is 9.22. The Morgan fingerprint density at radius 2 is 1.67 bits per heavy atom. The lowest BCUT2D eigenvalue weighted by atomic mass is 9.95. The van der Waals surface area contributed by atoms with Crippen molar-refractivity contribution < 1.29 is 14.7 Å². The van der Waals surface area contributed by atoms with Crippen LogP contribution >= 0.6 is 37.2 Å².